The number of hydrogen-bond acceptors (Lipinski definition) is 6. The van der Waals surface area contributed by atoms with E-state index >= 15 is 0 Å². The smallest absolute Gasteiger partial charge is 0.280 e. The summed E-state index contributed by atoms with van der Waals surface area (Å²) in [7, 11) is 0. The van der Waals surface area contributed by atoms with Crippen molar-refractivity contribution in [2.24, 2.45) is 17.8 Å². The van der Waals surface area contributed by atoms with E-state index in [0.29, 0.717) is 24.3 Å². The highest BCUT2D eigenvalue weighted by atomic mass is 16.6. The Kier molecular flexibility index (Phi) is 1.85. The van der Waals surface area contributed by atoms with Crippen molar-refractivity contribution in [1.82, 2.24) is 15.2 Å². The van der Waals surface area contributed by atoms with E-state index in [1.807, 2.05) is 0 Å². The third-order valence-electron chi connectivity index (χ3n) is 4.83. The Bertz CT molecular complexity index is 514. The summed E-state index contributed by atoms with van der Waals surface area (Å²) in [5.41, 5.74) is 5.61. The van der Waals surface area contributed by atoms with Gasteiger partial charge in [0.15, 0.2) is 0 Å². The Labute approximate surface area is 103 Å². The maximum absolute atomic E-state index is 12.4. The summed E-state index contributed by atoms with van der Waals surface area (Å²) in [5, 5.41) is 17.2. The number of amides is 1. The van der Waals surface area contributed by atoms with Gasteiger partial charge >= 0.3 is 0 Å². The minimum Gasteiger partial charge on any atom is -0.391 e. The summed E-state index contributed by atoms with van der Waals surface area (Å²) >= 11 is 0. The van der Waals surface area contributed by atoms with Gasteiger partial charge in [-0.1, -0.05) is 0 Å². The molecule has 1 aromatic rings. The molecular weight excluding hydrogens is 236 g/mol. The number of rotatable bonds is 1. The van der Waals surface area contributed by atoms with Crippen LogP contribution in [0, 0.1) is 17.8 Å². The number of fused-ring (bicyclic) bond motifs is 1. The molecule has 5 unspecified atom stereocenters. The molecule has 2 heterocycles. The summed E-state index contributed by atoms with van der Waals surface area (Å²) in [4.78, 5) is 14.1. The third-order valence-corrected chi connectivity index (χ3v) is 4.83. The zero-order chi connectivity index (χ0) is 12.4. The molecule has 0 spiro atoms. The Morgan fingerprint density at radius 2 is 2.22 bits per heavy atom. The normalized spacial score (nSPS) is 40.7. The Morgan fingerprint density at radius 3 is 2.89 bits per heavy atom. The molecule has 1 amide bonds. The van der Waals surface area contributed by atoms with Crippen LogP contribution in [-0.2, 0) is 0 Å². The van der Waals surface area contributed by atoms with Crippen LogP contribution in [0.15, 0.2) is 4.63 Å². The first-order chi connectivity index (χ1) is 8.66. The van der Waals surface area contributed by atoms with Gasteiger partial charge in [-0.3, -0.25) is 4.79 Å². The molecule has 0 radical (unpaired) electrons. The number of carbonyl (C=O) groups is 1. The molecule has 7 nitrogen and oxygen atoms in total. The van der Waals surface area contributed by atoms with Crippen molar-refractivity contribution < 1.29 is 14.5 Å². The molecule has 1 saturated heterocycles. The number of aliphatic hydroxyl groups excluding tert-OH is 1. The lowest BCUT2D eigenvalue weighted by Crippen LogP contribution is -2.44. The van der Waals surface area contributed by atoms with Gasteiger partial charge in [0, 0.05) is 6.54 Å². The quantitative estimate of drug-likeness (QED) is 0.695. The number of anilines is 1. The van der Waals surface area contributed by atoms with Crippen LogP contribution < -0.4 is 5.73 Å². The minimum atomic E-state index is -0.404. The molecule has 2 saturated carbocycles. The largest absolute Gasteiger partial charge is 0.391 e. The van der Waals surface area contributed by atoms with Crippen LogP contribution in [-0.4, -0.2) is 44.9 Å². The summed E-state index contributed by atoms with van der Waals surface area (Å²) < 4.78 is 4.47. The fourth-order valence-corrected chi connectivity index (χ4v) is 4.13. The number of nitrogen functional groups attached to an aromatic ring is 1. The SMILES string of the molecule is Nc1nonc1C(=O)N1CC2CC3CC2C1C3O. The lowest BCUT2D eigenvalue weighted by atomic mass is 9.88. The number of nitrogens with two attached hydrogens (primary N) is 1. The predicted molar refractivity (Wildman–Crippen MR) is 59.2 cm³/mol. The lowest BCUT2D eigenvalue weighted by molar-refractivity contribution is 0.0395. The van der Waals surface area contributed by atoms with Crippen LogP contribution in [0.1, 0.15) is 23.3 Å². The first-order valence-electron chi connectivity index (χ1n) is 6.24. The van der Waals surface area contributed by atoms with E-state index in [2.05, 4.69) is 14.9 Å². The summed E-state index contributed by atoms with van der Waals surface area (Å²) in [6.45, 7) is 0.689. The number of hydrogen-bond donors (Lipinski definition) is 2. The Hall–Kier alpha value is -1.63. The summed E-state index contributed by atoms with van der Waals surface area (Å²) in [6.07, 6.45) is 1.66. The second-order valence-electron chi connectivity index (χ2n) is 5.59. The fraction of sp³-hybridized carbons (Fsp3) is 0.727. The average molecular weight is 250 g/mol. The number of likely N-dealkylation sites (tertiary alicyclic amines) is 1. The Morgan fingerprint density at radius 1 is 1.39 bits per heavy atom. The first kappa shape index (κ1) is 10.3. The van der Waals surface area contributed by atoms with Crippen LogP contribution >= 0.6 is 0 Å². The highest BCUT2D eigenvalue weighted by molar-refractivity contribution is 5.96. The summed E-state index contributed by atoms with van der Waals surface area (Å²) in [6, 6.07) is -0.0719. The molecule has 1 aliphatic heterocycles. The van der Waals surface area contributed by atoms with E-state index < -0.39 is 6.10 Å². The lowest BCUT2D eigenvalue weighted by Gasteiger charge is -2.28. The van der Waals surface area contributed by atoms with Gasteiger partial charge in [0.2, 0.25) is 11.5 Å². The summed E-state index contributed by atoms with van der Waals surface area (Å²) in [5.74, 6) is 1.06. The molecule has 2 bridgehead atoms. The maximum atomic E-state index is 12.4. The van der Waals surface area contributed by atoms with Gasteiger partial charge in [0.1, 0.15) is 0 Å². The van der Waals surface area contributed by atoms with Crippen LogP contribution in [0.4, 0.5) is 5.82 Å². The van der Waals surface area contributed by atoms with E-state index in [1.165, 1.54) is 0 Å². The highest BCUT2D eigenvalue weighted by Gasteiger charge is 2.60. The standard InChI is InChI=1S/C11H14N4O3/c12-10-7(13-18-14-10)11(17)15-3-5-1-4-2-6(5)8(15)9(4)16/h4-6,8-9,16H,1-3H2,(H2,12,14). The molecule has 96 valence electrons. The van der Waals surface area contributed by atoms with Gasteiger partial charge in [0.25, 0.3) is 5.91 Å². The molecule has 2 aliphatic carbocycles. The van der Waals surface area contributed by atoms with Crippen LogP contribution in [0.25, 0.3) is 0 Å². The van der Waals surface area contributed by atoms with Gasteiger partial charge in [-0.2, -0.15) is 0 Å². The van der Waals surface area contributed by atoms with Crippen molar-refractivity contribution >= 4 is 11.7 Å². The average Bonchev–Trinajstić information content (AvgIpc) is 3.01. The van der Waals surface area contributed by atoms with Crippen molar-refractivity contribution in [2.75, 3.05) is 12.3 Å². The molecule has 3 N–H and O–H groups in total. The number of aromatic nitrogens is 2. The predicted octanol–water partition coefficient (Wildman–Crippen LogP) is -0.507. The molecule has 3 fully saturated rings. The van der Waals surface area contributed by atoms with Crippen molar-refractivity contribution in [2.45, 2.75) is 25.0 Å². The van der Waals surface area contributed by atoms with Gasteiger partial charge in [-0.05, 0) is 40.9 Å². The van der Waals surface area contributed by atoms with E-state index in [-0.39, 0.29) is 23.5 Å². The van der Waals surface area contributed by atoms with E-state index in [1.54, 1.807) is 4.90 Å². The highest BCUT2D eigenvalue weighted by Crippen LogP contribution is 2.55. The molecule has 7 heteroatoms. The number of carbonyl (C=O) groups excluding carboxylic acids is 1. The topological polar surface area (TPSA) is 105 Å². The van der Waals surface area contributed by atoms with Gasteiger partial charge in [-0.15, -0.1) is 0 Å². The van der Waals surface area contributed by atoms with Crippen LogP contribution in [0.2, 0.25) is 0 Å². The van der Waals surface area contributed by atoms with E-state index in [0.717, 1.165) is 12.8 Å². The first-order valence-corrected chi connectivity index (χ1v) is 6.24. The molecule has 5 atom stereocenters. The van der Waals surface area contributed by atoms with Crippen molar-refractivity contribution in [3.8, 4) is 0 Å². The van der Waals surface area contributed by atoms with E-state index in [9.17, 15) is 9.90 Å². The second kappa shape index (κ2) is 3.23. The maximum Gasteiger partial charge on any atom is 0.280 e. The van der Waals surface area contributed by atoms with Crippen LogP contribution in [0.5, 0.6) is 0 Å². The van der Waals surface area contributed by atoms with Crippen molar-refractivity contribution in [1.29, 1.82) is 0 Å². The van der Waals surface area contributed by atoms with Crippen molar-refractivity contribution in [3.05, 3.63) is 5.69 Å². The van der Waals surface area contributed by atoms with Crippen molar-refractivity contribution in [3.63, 3.8) is 0 Å². The second-order valence-corrected chi connectivity index (χ2v) is 5.59. The van der Waals surface area contributed by atoms with Gasteiger partial charge in [-0.25, -0.2) is 4.63 Å². The molecule has 1 aromatic heterocycles. The molecule has 3 aliphatic rings. The molecular formula is C11H14N4O3. The van der Waals surface area contributed by atoms with Gasteiger partial charge in [0.05, 0.1) is 12.1 Å². The molecule has 0 aromatic carbocycles. The fourth-order valence-electron chi connectivity index (χ4n) is 4.13. The zero-order valence-corrected chi connectivity index (χ0v) is 9.69. The van der Waals surface area contributed by atoms with E-state index in [4.69, 9.17) is 5.73 Å². The van der Waals surface area contributed by atoms with Crippen LogP contribution in [0.3, 0.4) is 0 Å². The molecule has 4 rings (SSSR count). The van der Waals surface area contributed by atoms with Gasteiger partial charge < -0.3 is 15.7 Å². The number of aliphatic hydroxyl groups is 1. The molecule has 18 heavy (non-hydrogen) atoms. The zero-order valence-electron chi connectivity index (χ0n) is 9.69. The number of nitrogens with zero attached hydrogens (tertiary/aromatic N) is 3. The Balaban J connectivity index is 1.67. The third kappa shape index (κ3) is 1.10. The minimum absolute atomic E-state index is 0.0169. The monoisotopic (exact) mass is 250 g/mol.